The van der Waals surface area contributed by atoms with Gasteiger partial charge in [-0.05, 0) is 118 Å². The molecule has 0 amide bonds. The summed E-state index contributed by atoms with van der Waals surface area (Å²) in [6.07, 6.45) is -18.9. The van der Waals surface area contributed by atoms with E-state index in [4.69, 9.17) is 9.47 Å². The summed E-state index contributed by atoms with van der Waals surface area (Å²) in [6.45, 7) is 3.36. The van der Waals surface area contributed by atoms with Gasteiger partial charge in [-0.15, -0.1) is 0 Å². The molecule has 0 saturated carbocycles. The Morgan fingerprint density at radius 3 is 0.951 bits per heavy atom. The number of hydrogen-bond donors (Lipinski definition) is 0. The van der Waals surface area contributed by atoms with Gasteiger partial charge in [-0.3, -0.25) is 0 Å². The highest BCUT2D eigenvalue weighted by Gasteiger charge is 2.37. The Balaban J connectivity index is 0.000000208. The van der Waals surface area contributed by atoms with Crippen LogP contribution in [0.2, 0.25) is 0 Å². The molecule has 6 aromatic carbocycles. The molecule has 0 spiro atoms. The summed E-state index contributed by atoms with van der Waals surface area (Å²) in [4.78, 5) is 0. The lowest BCUT2D eigenvalue weighted by atomic mass is 10.1. The van der Waals surface area contributed by atoms with Crippen molar-refractivity contribution in [1.82, 2.24) is 0 Å². The molecule has 0 aliphatic rings. The molecule has 2 atom stereocenters. The smallest absolute Gasteiger partial charge is 0.416 e. The Bertz CT molecular complexity index is 2230. The van der Waals surface area contributed by atoms with Crippen molar-refractivity contribution < 1.29 is 62.2 Å². The number of methoxy groups -OCH3 is 2. The van der Waals surface area contributed by atoms with Crippen molar-refractivity contribution in [3.63, 3.8) is 0 Å². The summed E-state index contributed by atoms with van der Waals surface area (Å²) < 4.78 is 163. The van der Waals surface area contributed by atoms with Gasteiger partial charge in [-0.1, -0.05) is 98.0 Å². The number of ether oxygens (including phenoxy) is 2. The molecule has 0 N–H and O–H groups in total. The maximum atomic E-state index is 12.8. The fourth-order valence-electron chi connectivity index (χ4n) is 5.27. The third-order valence-corrected chi connectivity index (χ3v) is 11.9. The van der Waals surface area contributed by atoms with Gasteiger partial charge in [0.15, 0.2) is 0 Å². The van der Waals surface area contributed by atoms with Gasteiger partial charge in [-0.2, -0.15) is 52.7 Å². The molecular formula is C44H37F12O2P3. The largest absolute Gasteiger partial charge is 0.497 e. The van der Waals surface area contributed by atoms with Crippen molar-refractivity contribution in [2.24, 2.45) is 0 Å². The highest BCUT2D eigenvalue weighted by molar-refractivity contribution is 7.56. The van der Waals surface area contributed by atoms with Gasteiger partial charge in [0.25, 0.3) is 0 Å². The van der Waals surface area contributed by atoms with Crippen LogP contribution in [0.1, 0.15) is 33.4 Å². The molecule has 6 aromatic rings. The number of halogens is 12. The molecule has 0 fully saturated rings. The Hall–Kier alpha value is -4.63. The van der Waals surface area contributed by atoms with Crippen LogP contribution in [0.4, 0.5) is 52.7 Å². The van der Waals surface area contributed by atoms with E-state index in [2.05, 4.69) is 24.3 Å². The van der Waals surface area contributed by atoms with E-state index in [1.54, 1.807) is 26.4 Å². The van der Waals surface area contributed by atoms with E-state index >= 15 is 0 Å². The molecule has 0 radical (unpaired) electrons. The van der Waals surface area contributed by atoms with Crippen molar-refractivity contribution in [1.29, 1.82) is 0 Å². The first kappa shape index (κ1) is 49.0. The van der Waals surface area contributed by atoms with E-state index in [1.165, 1.54) is 29.2 Å². The molecule has 6 rings (SSSR count). The van der Waals surface area contributed by atoms with Crippen molar-refractivity contribution in [3.05, 3.63) is 167 Å². The summed E-state index contributed by atoms with van der Waals surface area (Å²) in [5.41, 5.74) is -3.23. The molecule has 2 nitrogen and oxygen atoms in total. The molecule has 0 aliphatic carbocycles. The van der Waals surface area contributed by atoms with Gasteiger partial charge in [0.05, 0.1) is 36.5 Å². The number of aryl methyl sites for hydroxylation is 2. The average molecular weight is 919 g/mol. The average Bonchev–Trinajstić information content (AvgIpc) is 3.18. The SMILES string of the molecule is COc1ccc(Pc2ccc(OC)cc2)cc1.Cc1cc(Pc2cc(C(F)(F)F)cc(C(F)(F)F)c2)cc(C(F)(F)F)c1.Cc1ccc(Pc2ccc(C(F)(F)F)cc2)cc1. The van der Waals surface area contributed by atoms with Gasteiger partial charge in [-0.25, -0.2) is 0 Å². The van der Waals surface area contributed by atoms with Gasteiger partial charge >= 0.3 is 24.7 Å². The first-order valence-corrected chi connectivity index (χ1v) is 20.7. The molecule has 2 unspecified atom stereocenters. The van der Waals surface area contributed by atoms with Crippen LogP contribution in [0.15, 0.2) is 133 Å². The van der Waals surface area contributed by atoms with E-state index in [0.717, 1.165) is 46.4 Å². The zero-order valence-corrected chi connectivity index (χ0v) is 35.6. The third kappa shape index (κ3) is 16.0. The third-order valence-electron chi connectivity index (χ3n) is 8.30. The number of benzene rings is 6. The van der Waals surface area contributed by atoms with E-state index in [1.807, 2.05) is 55.5 Å². The lowest BCUT2D eigenvalue weighted by Crippen LogP contribution is -2.17. The summed E-state index contributed by atoms with van der Waals surface area (Å²) in [6, 6.07) is 33.6. The standard InChI is InChI=1S/C16H10F9P.C14H12F3P.C14H15O2P/c1-8-2-9(14(17,18)19)5-12(3-8)26-13-6-10(15(20,21)22)4-11(7-13)16(23,24)25;1-10-2-6-12(7-3-10)18-13-8-4-11(5-9-13)14(15,16)17;1-15-11-3-7-13(8-4-11)17-14-9-5-12(16-2)6-10-14/h2-7,26H,1H3;2-9,18H,1H3;3-10,17H,1-2H3. The normalized spacial score (nSPS) is 12.2. The topological polar surface area (TPSA) is 18.5 Å². The Morgan fingerprint density at radius 1 is 0.311 bits per heavy atom. The number of alkyl halides is 12. The van der Waals surface area contributed by atoms with Crippen LogP contribution < -0.4 is 41.3 Å². The highest BCUT2D eigenvalue weighted by atomic mass is 31.1. The van der Waals surface area contributed by atoms with Crippen molar-refractivity contribution in [3.8, 4) is 11.5 Å². The van der Waals surface area contributed by atoms with E-state index in [9.17, 15) is 52.7 Å². The first-order chi connectivity index (χ1) is 28.4. The minimum absolute atomic E-state index is 0.00947. The lowest BCUT2D eigenvalue weighted by molar-refractivity contribution is -0.143. The fourth-order valence-corrected chi connectivity index (χ4v) is 8.59. The van der Waals surface area contributed by atoms with Crippen LogP contribution >= 0.6 is 25.7 Å². The predicted octanol–water partition coefficient (Wildman–Crippen LogP) is 11.7. The zero-order chi connectivity index (χ0) is 45.2. The Kier molecular flexibility index (Phi) is 16.8. The lowest BCUT2D eigenvalue weighted by Gasteiger charge is -2.15. The van der Waals surface area contributed by atoms with Gasteiger partial charge in [0.2, 0.25) is 0 Å². The minimum Gasteiger partial charge on any atom is -0.497 e. The second-order valence-corrected chi connectivity index (χ2v) is 17.4. The van der Waals surface area contributed by atoms with Crippen LogP contribution in [0, 0.1) is 13.8 Å². The molecular weight excluding hydrogens is 881 g/mol. The highest BCUT2D eigenvalue weighted by Crippen LogP contribution is 2.37. The predicted molar refractivity (Wildman–Crippen MR) is 224 cm³/mol. The van der Waals surface area contributed by atoms with Crippen LogP contribution in [-0.4, -0.2) is 14.2 Å². The van der Waals surface area contributed by atoms with E-state index in [-0.39, 0.29) is 22.2 Å². The summed E-state index contributed by atoms with van der Waals surface area (Å²) in [5.74, 6) is 1.79. The molecule has 324 valence electrons. The quantitative estimate of drug-likeness (QED) is 0.112. The fraction of sp³-hybridized carbons (Fsp3) is 0.182. The molecule has 0 aromatic heterocycles. The molecule has 0 bridgehead atoms. The van der Waals surface area contributed by atoms with Crippen molar-refractivity contribution in [2.45, 2.75) is 38.6 Å². The maximum Gasteiger partial charge on any atom is 0.416 e. The molecule has 0 saturated heterocycles. The second kappa shape index (κ2) is 21.0. The number of rotatable bonds is 8. The van der Waals surface area contributed by atoms with Crippen molar-refractivity contribution >= 4 is 57.6 Å². The van der Waals surface area contributed by atoms with Crippen LogP contribution in [0.3, 0.4) is 0 Å². The summed E-state index contributed by atoms with van der Waals surface area (Å²) >= 11 is 0. The zero-order valence-electron chi connectivity index (χ0n) is 32.6. The van der Waals surface area contributed by atoms with Gasteiger partial charge in [0.1, 0.15) is 11.5 Å². The summed E-state index contributed by atoms with van der Waals surface area (Å²) in [5, 5.41) is 4.27. The van der Waals surface area contributed by atoms with Gasteiger partial charge in [0, 0.05) is 0 Å². The maximum absolute atomic E-state index is 12.8. The molecule has 17 heteroatoms. The first-order valence-electron chi connectivity index (χ1n) is 17.7. The Morgan fingerprint density at radius 2 is 0.607 bits per heavy atom. The van der Waals surface area contributed by atoms with Crippen LogP contribution in [0.5, 0.6) is 11.5 Å². The van der Waals surface area contributed by atoms with E-state index < -0.39 is 55.5 Å². The minimum atomic E-state index is -5.01. The Labute approximate surface area is 350 Å². The second-order valence-electron chi connectivity index (χ2n) is 13.2. The monoisotopic (exact) mass is 918 g/mol. The molecule has 0 heterocycles. The van der Waals surface area contributed by atoms with E-state index in [0.29, 0.717) is 29.3 Å². The van der Waals surface area contributed by atoms with Crippen LogP contribution in [-0.2, 0) is 24.7 Å². The van der Waals surface area contributed by atoms with Crippen molar-refractivity contribution in [2.75, 3.05) is 14.2 Å². The van der Waals surface area contributed by atoms with Crippen LogP contribution in [0.25, 0.3) is 0 Å². The molecule has 61 heavy (non-hydrogen) atoms. The number of hydrogen-bond acceptors (Lipinski definition) is 2. The summed E-state index contributed by atoms with van der Waals surface area (Å²) in [7, 11) is 3.61. The molecule has 0 aliphatic heterocycles. The van der Waals surface area contributed by atoms with Gasteiger partial charge < -0.3 is 9.47 Å².